The van der Waals surface area contributed by atoms with E-state index in [1.54, 1.807) is 18.2 Å². The fraction of sp³-hybridized carbons (Fsp3) is 0.185. The van der Waals surface area contributed by atoms with Gasteiger partial charge >= 0.3 is 0 Å². The van der Waals surface area contributed by atoms with Crippen LogP contribution >= 0.6 is 27.7 Å². The smallest absolute Gasteiger partial charge is 0.264 e. The van der Waals surface area contributed by atoms with Crippen molar-refractivity contribution in [1.82, 2.24) is 5.32 Å². The van der Waals surface area contributed by atoms with Crippen LogP contribution < -0.4 is 14.8 Å². The predicted molar refractivity (Wildman–Crippen MR) is 143 cm³/mol. The monoisotopic (exact) mass is 554 g/mol. The Bertz CT molecular complexity index is 1270. The Kier molecular flexibility index (Phi) is 8.25. The molecule has 1 N–H and O–H groups in total. The summed E-state index contributed by atoms with van der Waals surface area (Å²) in [5.74, 6) is 0.602. The number of aliphatic imine (C=N–C) groups is 1. The first kappa shape index (κ1) is 25.0. The first-order valence-corrected chi connectivity index (χ1v) is 12.8. The standard InChI is InChI=1S/C27H24BrFN2O3S/c1-3-17-7-11-21(12-8-17)30-27-31-26(32)25(35-27)14-19-13-23(33-4-2)24(15-22(19)28)34-16-18-5-9-20(29)10-6-18/h5-15H,3-4,16H2,1-2H3,(H,30,31,32)/b25-14-. The molecule has 8 heteroatoms. The number of amidine groups is 1. The van der Waals surface area contributed by atoms with Crippen molar-refractivity contribution in [3.63, 3.8) is 0 Å². The largest absolute Gasteiger partial charge is 0.490 e. The second-order valence-electron chi connectivity index (χ2n) is 7.67. The zero-order chi connectivity index (χ0) is 24.8. The van der Waals surface area contributed by atoms with E-state index in [0.29, 0.717) is 28.2 Å². The van der Waals surface area contributed by atoms with Crippen molar-refractivity contribution in [1.29, 1.82) is 0 Å². The second kappa shape index (κ2) is 11.6. The average molecular weight is 555 g/mol. The molecule has 0 atom stereocenters. The molecule has 4 rings (SSSR count). The highest BCUT2D eigenvalue weighted by Crippen LogP contribution is 2.37. The number of thioether (sulfide) groups is 1. The molecular weight excluding hydrogens is 531 g/mol. The molecule has 0 radical (unpaired) electrons. The van der Waals surface area contributed by atoms with Gasteiger partial charge in [-0.25, -0.2) is 9.38 Å². The molecule has 180 valence electrons. The lowest BCUT2D eigenvalue weighted by atomic mass is 10.1. The second-order valence-corrected chi connectivity index (χ2v) is 9.56. The van der Waals surface area contributed by atoms with Gasteiger partial charge in [-0.05, 0) is 84.3 Å². The number of halogens is 2. The molecular formula is C27H24BrFN2O3S. The quantitative estimate of drug-likeness (QED) is 0.304. The van der Waals surface area contributed by atoms with Crippen molar-refractivity contribution in [2.24, 2.45) is 4.99 Å². The Hall–Kier alpha value is -3.10. The highest BCUT2D eigenvalue weighted by Gasteiger charge is 2.24. The molecule has 0 spiro atoms. The summed E-state index contributed by atoms with van der Waals surface area (Å²) >= 11 is 4.86. The van der Waals surface area contributed by atoms with E-state index < -0.39 is 0 Å². The van der Waals surface area contributed by atoms with Gasteiger partial charge in [-0.15, -0.1) is 0 Å². The lowest BCUT2D eigenvalue weighted by molar-refractivity contribution is -0.115. The fourth-order valence-corrected chi connectivity index (χ4v) is 4.60. The Labute approximate surface area is 216 Å². The van der Waals surface area contributed by atoms with Gasteiger partial charge in [0, 0.05) is 4.47 Å². The van der Waals surface area contributed by atoms with Gasteiger partial charge in [0.15, 0.2) is 16.7 Å². The number of amides is 1. The fourth-order valence-electron chi connectivity index (χ4n) is 3.33. The summed E-state index contributed by atoms with van der Waals surface area (Å²) in [5.41, 5.74) is 3.63. The molecule has 1 aliphatic rings. The van der Waals surface area contributed by atoms with Crippen LogP contribution in [-0.4, -0.2) is 17.7 Å². The molecule has 1 aliphatic heterocycles. The van der Waals surface area contributed by atoms with Gasteiger partial charge in [0.25, 0.3) is 5.91 Å². The molecule has 0 saturated carbocycles. The number of benzene rings is 3. The topological polar surface area (TPSA) is 59.9 Å². The minimum Gasteiger partial charge on any atom is -0.490 e. The van der Waals surface area contributed by atoms with E-state index >= 15 is 0 Å². The maximum atomic E-state index is 13.2. The van der Waals surface area contributed by atoms with Crippen molar-refractivity contribution >= 4 is 50.5 Å². The summed E-state index contributed by atoms with van der Waals surface area (Å²) in [6, 6.07) is 17.7. The molecule has 1 heterocycles. The van der Waals surface area contributed by atoms with Crippen LogP contribution in [0.25, 0.3) is 6.08 Å². The summed E-state index contributed by atoms with van der Waals surface area (Å²) < 4.78 is 25.6. The number of nitrogens with one attached hydrogen (secondary N) is 1. The Morgan fingerprint density at radius 2 is 1.69 bits per heavy atom. The third-order valence-electron chi connectivity index (χ3n) is 5.18. The third kappa shape index (κ3) is 6.52. The zero-order valence-corrected chi connectivity index (χ0v) is 21.7. The number of carbonyl (C=O) groups is 1. The molecule has 3 aromatic carbocycles. The number of rotatable bonds is 8. The van der Waals surface area contributed by atoms with Gasteiger partial charge < -0.3 is 14.8 Å². The average Bonchev–Trinajstić information content (AvgIpc) is 3.20. The van der Waals surface area contributed by atoms with E-state index in [1.807, 2.05) is 43.3 Å². The van der Waals surface area contributed by atoms with Crippen LogP contribution in [-0.2, 0) is 17.8 Å². The van der Waals surface area contributed by atoms with Crippen molar-refractivity contribution in [3.05, 3.63) is 92.5 Å². The van der Waals surface area contributed by atoms with Gasteiger partial charge in [0.2, 0.25) is 0 Å². The van der Waals surface area contributed by atoms with Gasteiger partial charge in [-0.1, -0.05) is 47.1 Å². The summed E-state index contributed by atoms with van der Waals surface area (Å²) in [6.07, 6.45) is 2.75. The van der Waals surface area contributed by atoms with Gasteiger partial charge in [0.1, 0.15) is 12.4 Å². The molecule has 0 bridgehead atoms. The number of aryl methyl sites for hydroxylation is 1. The number of carbonyl (C=O) groups excluding carboxylic acids is 1. The summed E-state index contributed by atoms with van der Waals surface area (Å²) in [4.78, 5) is 17.6. The lowest BCUT2D eigenvalue weighted by Crippen LogP contribution is -2.19. The van der Waals surface area contributed by atoms with Gasteiger partial charge in [-0.2, -0.15) is 0 Å². The maximum absolute atomic E-state index is 13.2. The van der Waals surface area contributed by atoms with E-state index in [2.05, 4.69) is 33.2 Å². The minimum absolute atomic E-state index is 0.208. The van der Waals surface area contributed by atoms with Crippen LogP contribution in [0.15, 0.2) is 75.0 Å². The van der Waals surface area contributed by atoms with Crippen LogP contribution in [0.2, 0.25) is 0 Å². The van der Waals surface area contributed by atoms with Crippen LogP contribution in [0.1, 0.15) is 30.5 Å². The van der Waals surface area contributed by atoms with Crippen molar-refractivity contribution in [2.75, 3.05) is 6.61 Å². The molecule has 0 aliphatic carbocycles. The molecule has 5 nitrogen and oxygen atoms in total. The zero-order valence-electron chi connectivity index (χ0n) is 19.3. The van der Waals surface area contributed by atoms with E-state index in [-0.39, 0.29) is 18.3 Å². The molecule has 0 aromatic heterocycles. The minimum atomic E-state index is -0.291. The van der Waals surface area contributed by atoms with E-state index in [0.717, 1.165) is 27.7 Å². The van der Waals surface area contributed by atoms with Crippen molar-refractivity contribution in [3.8, 4) is 11.5 Å². The summed E-state index contributed by atoms with van der Waals surface area (Å²) in [6.45, 7) is 4.71. The number of hydrogen-bond donors (Lipinski definition) is 1. The number of hydrogen-bond acceptors (Lipinski definition) is 5. The number of ether oxygens (including phenoxy) is 2. The van der Waals surface area contributed by atoms with Gasteiger partial charge in [-0.3, -0.25) is 4.79 Å². The highest BCUT2D eigenvalue weighted by atomic mass is 79.9. The van der Waals surface area contributed by atoms with Crippen LogP contribution in [0.4, 0.5) is 10.1 Å². The molecule has 1 amide bonds. The Morgan fingerprint density at radius 1 is 1.00 bits per heavy atom. The molecule has 1 fully saturated rings. The lowest BCUT2D eigenvalue weighted by Gasteiger charge is -2.14. The van der Waals surface area contributed by atoms with Crippen molar-refractivity contribution < 1.29 is 18.7 Å². The number of nitrogens with zero attached hydrogens (tertiary/aromatic N) is 1. The molecule has 35 heavy (non-hydrogen) atoms. The van der Waals surface area contributed by atoms with E-state index in [9.17, 15) is 9.18 Å². The summed E-state index contributed by atoms with van der Waals surface area (Å²) in [7, 11) is 0. The first-order chi connectivity index (χ1) is 16.9. The normalized spacial score (nSPS) is 15.5. The first-order valence-electron chi connectivity index (χ1n) is 11.2. The highest BCUT2D eigenvalue weighted by molar-refractivity contribution is 9.10. The third-order valence-corrected chi connectivity index (χ3v) is 6.78. The molecule has 3 aromatic rings. The SMILES string of the molecule is CCOc1cc(/C=C2\SC(=Nc3ccc(CC)cc3)NC2=O)c(Br)cc1OCc1ccc(F)cc1. The van der Waals surface area contributed by atoms with E-state index in [4.69, 9.17) is 9.47 Å². The van der Waals surface area contributed by atoms with Crippen LogP contribution in [0, 0.1) is 5.82 Å². The predicted octanol–water partition coefficient (Wildman–Crippen LogP) is 7.02. The Balaban J connectivity index is 1.53. The van der Waals surface area contributed by atoms with E-state index in [1.165, 1.54) is 29.5 Å². The molecule has 0 unspecified atom stereocenters. The van der Waals surface area contributed by atoms with Crippen LogP contribution in [0.5, 0.6) is 11.5 Å². The van der Waals surface area contributed by atoms with Crippen LogP contribution in [0.3, 0.4) is 0 Å². The maximum Gasteiger partial charge on any atom is 0.264 e. The Morgan fingerprint density at radius 3 is 2.37 bits per heavy atom. The van der Waals surface area contributed by atoms with Crippen molar-refractivity contribution in [2.45, 2.75) is 26.9 Å². The molecule has 1 saturated heterocycles. The summed E-state index contributed by atoms with van der Waals surface area (Å²) in [5, 5.41) is 3.36. The van der Waals surface area contributed by atoms with Gasteiger partial charge in [0.05, 0.1) is 17.2 Å².